The Bertz CT molecular complexity index is 344. The van der Waals surface area contributed by atoms with Gasteiger partial charge in [-0.3, -0.25) is 0 Å². The van der Waals surface area contributed by atoms with Gasteiger partial charge >= 0.3 is 0 Å². The highest BCUT2D eigenvalue weighted by Gasteiger charge is 2.06. The molecule has 0 aliphatic heterocycles. The second kappa shape index (κ2) is 5.83. The van der Waals surface area contributed by atoms with Gasteiger partial charge in [0, 0.05) is 23.1 Å². The number of carbonyl (C=O) groups excluding carboxylic acids is 1. The van der Waals surface area contributed by atoms with Gasteiger partial charge in [-0.25, -0.2) is 0 Å². The van der Waals surface area contributed by atoms with E-state index in [0.29, 0.717) is 29.6 Å². The molecule has 0 saturated heterocycles. The van der Waals surface area contributed by atoms with Gasteiger partial charge in [-0.05, 0) is 24.6 Å². The molecule has 82 valence electrons. The quantitative estimate of drug-likeness (QED) is 0.765. The number of rotatable bonds is 4. The van der Waals surface area contributed by atoms with Gasteiger partial charge in [0.05, 0.1) is 0 Å². The molecule has 5 heteroatoms. The van der Waals surface area contributed by atoms with Gasteiger partial charge < -0.3 is 14.8 Å². The van der Waals surface area contributed by atoms with E-state index in [1.165, 1.54) is 0 Å². The molecule has 0 bridgehead atoms. The lowest BCUT2D eigenvalue weighted by atomic mass is 10.3. The van der Waals surface area contributed by atoms with Crippen LogP contribution in [-0.2, 0) is 0 Å². The molecule has 1 aromatic carbocycles. The van der Waals surface area contributed by atoms with E-state index in [1.54, 1.807) is 24.3 Å². The SMILES string of the molecule is O=C([O-])N(CCCCl)c1cccc(Cl)c1. The van der Waals surface area contributed by atoms with Crippen molar-refractivity contribution in [2.75, 3.05) is 17.3 Å². The molecule has 0 atom stereocenters. The van der Waals surface area contributed by atoms with Gasteiger partial charge in [-0.2, -0.15) is 0 Å². The van der Waals surface area contributed by atoms with E-state index >= 15 is 0 Å². The molecule has 0 aliphatic carbocycles. The summed E-state index contributed by atoms with van der Waals surface area (Å²) >= 11 is 11.3. The van der Waals surface area contributed by atoms with Crippen molar-refractivity contribution in [1.29, 1.82) is 0 Å². The van der Waals surface area contributed by atoms with Crippen LogP contribution in [0.25, 0.3) is 0 Å². The Balaban J connectivity index is 2.84. The van der Waals surface area contributed by atoms with Gasteiger partial charge in [-0.1, -0.05) is 17.7 Å². The Hall–Kier alpha value is -0.930. The first-order chi connectivity index (χ1) is 7.15. The molecule has 3 nitrogen and oxygen atoms in total. The number of hydrogen-bond donors (Lipinski definition) is 0. The first-order valence-electron chi connectivity index (χ1n) is 4.45. The molecular weight excluding hydrogens is 237 g/mol. The molecule has 0 spiro atoms. The van der Waals surface area contributed by atoms with Crippen LogP contribution in [0, 0.1) is 0 Å². The van der Waals surface area contributed by atoms with E-state index in [2.05, 4.69) is 0 Å². The summed E-state index contributed by atoms with van der Waals surface area (Å²) in [7, 11) is 0. The van der Waals surface area contributed by atoms with Crippen molar-refractivity contribution in [2.45, 2.75) is 6.42 Å². The fourth-order valence-corrected chi connectivity index (χ4v) is 1.49. The molecule has 15 heavy (non-hydrogen) atoms. The van der Waals surface area contributed by atoms with Gasteiger partial charge in [0.25, 0.3) is 0 Å². The lowest BCUT2D eigenvalue weighted by Gasteiger charge is -2.24. The fourth-order valence-electron chi connectivity index (χ4n) is 1.19. The molecule has 0 heterocycles. The largest absolute Gasteiger partial charge is 0.530 e. The number of anilines is 1. The van der Waals surface area contributed by atoms with Crippen LogP contribution in [0.5, 0.6) is 0 Å². The summed E-state index contributed by atoms with van der Waals surface area (Å²) in [6, 6.07) is 6.61. The molecule has 0 unspecified atom stereocenters. The summed E-state index contributed by atoms with van der Waals surface area (Å²) in [5.41, 5.74) is 0.507. The van der Waals surface area contributed by atoms with Crippen LogP contribution in [0.1, 0.15) is 6.42 Å². The summed E-state index contributed by atoms with van der Waals surface area (Å²) in [6.45, 7) is 0.312. The highest BCUT2D eigenvalue weighted by molar-refractivity contribution is 6.30. The van der Waals surface area contributed by atoms with E-state index in [-0.39, 0.29) is 0 Å². The van der Waals surface area contributed by atoms with Gasteiger partial charge in [0.1, 0.15) is 6.09 Å². The summed E-state index contributed by atoms with van der Waals surface area (Å²) in [4.78, 5) is 12.0. The topological polar surface area (TPSA) is 43.4 Å². The average molecular weight is 247 g/mol. The van der Waals surface area contributed by atoms with Crippen molar-refractivity contribution in [3.8, 4) is 0 Å². The molecule has 0 N–H and O–H groups in total. The maximum Gasteiger partial charge on any atom is 0.141 e. The standard InChI is InChI=1S/C10H11Cl2NO2/c11-5-2-6-13(10(14)15)9-4-1-3-8(12)7-9/h1,3-4,7H,2,5-6H2,(H,14,15)/p-1. The predicted octanol–water partition coefficient (Wildman–Crippen LogP) is 2.12. The van der Waals surface area contributed by atoms with Crippen LogP contribution in [-0.4, -0.2) is 18.5 Å². The Labute approximate surface area is 98.2 Å². The van der Waals surface area contributed by atoms with Crippen LogP contribution >= 0.6 is 23.2 Å². The van der Waals surface area contributed by atoms with Crippen molar-refractivity contribution in [1.82, 2.24) is 0 Å². The smallest absolute Gasteiger partial charge is 0.141 e. The van der Waals surface area contributed by atoms with Crippen molar-refractivity contribution >= 4 is 35.0 Å². The number of alkyl halides is 1. The molecule has 0 aromatic heterocycles. The Morgan fingerprint density at radius 2 is 2.20 bits per heavy atom. The molecule has 1 rings (SSSR count). The minimum atomic E-state index is -1.25. The van der Waals surface area contributed by atoms with Crippen LogP contribution in [0.15, 0.2) is 24.3 Å². The third-order valence-corrected chi connectivity index (χ3v) is 2.36. The zero-order valence-corrected chi connectivity index (χ0v) is 9.46. The second-order valence-electron chi connectivity index (χ2n) is 2.94. The number of carboxylic acid groups (broad SMARTS) is 1. The van der Waals surface area contributed by atoms with Gasteiger partial charge in [0.2, 0.25) is 0 Å². The van der Waals surface area contributed by atoms with E-state index in [1.807, 2.05) is 0 Å². The lowest BCUT2D eigenvalue weighted by molar-refractivity contribution is -0.246. The van der Waals surface area contributed by atoms with Crippen molar-refractivity contribution in [3.05, 3.63) is 29.3 Å². The second-order valence-corrected chi connectivity index (χ2v) is 3.75. The molecule has 1 aromatic rings. The molecule has 0 saturated carbocycles. The highest BCUT2D eigenvalue weighted by atomic mass is 35.5. The summed E-state index contributed by atoms with van der Waals surface area (Å²) in [5.74, 6) is 0.407. The monoisotopic (exact) mass is 246 g/mol. The maximum absolute atomic E-state index is 10.8. The van der Waals surface area contributed by atoms with Crippen LogP contribution in [0.2, 0.25) is 5.02 Å². The summed E-state index contributed by atoms with van der Waals surface area (Å²) < 4.78 is 0. The molecule has 0 radical (unpaired) electrons. The molecule has 1 amide bonds. The Morgan fingerprint density at radius 1 is 1.47 bits per heavy atom. The average Bonchev–Trinajstić information content (AvgIpc) is 2.18. The lowest BCUT2D eigenvalue weighted by Crippen LogP contribution is -2.42. The van der Waals surface area contributed by atoms with Crippen molar-refractivity contribution < 1.29 is 9.90 Å². The van der Waals surface area contributed by atoms with Crippen LogP contribution in [0.3, 0.4) is 0 Å². The number of halogens is 2. The van der Waals surface area contributed by atoms with E-state index in [0.717, 1.165) is 4.90 Å². The van der Waals surface area contributed by atoms with Gasteiger partial charge in [-0.15, -0.1) is 11.6 Å². The minimum absolute atomic E-state index is 0.312. The maximum atomic E-state index is 10.8. The van der Waals surface area contributed by atoms with Gasteiger partial charge in [0.15, 0.2) is 0 Å². The van der Waals surface area contributed by atoms with E-state index < -0.39 is 6.09 Å². The normalized spacial score (nSPS) is 10.0. The highest BCUT2D eigenvalue weighted by Crippen LogP contribution is 2.19. The number of nitrogens with zero attached hydrogens (tertiary/aromatic N) is 1. The van der Waals surface area contributed by atoms with Crippen LogP contribution < -0.4 is 10.0 Å². The Kier molecular flexibility index (Phi) is 4.72. The number of amides is 1. The van der Waals surface area contributed by atoms with E-state index in [4.69, 9.17) is 23.2 Å². The zero-order chi connectivity index (χ0) is 11.3. The third kappa shape index (κ3) is 3.61. The summed E-state index contributed by atoms with van der Waals surface area (Å²) in [6.07, 6.45) is -0.676. The number of benzene rings is 1. The predicted molar refractivity (Wildman–Crippen MR) is 59.5 cm³/mol. The summed E-state index contributed by atoms with van der Waals surface area (Å²) in [5, 5.41) is 11.3. The van der Waals surface area contributed by atoms with Crippen molar-refractivity contribution in [2.24, 2.45) is 0 Å². The molecular formula is C10H10Cl2NO2-. The number of hydrogen-bond acceptors (Lipinski definition) is 2. The zero-order valence-electron chi connectivity index (χ0n) is 7.95. The third-order valence-electron chi connectivity index (χ3n) is 1.86. The number of carbonyl (C=O) groups is 1. The fraction of sp³-hybridized carbons (Fsp3) is 0.300. The Morgan fingerprint density at radius 3 is 2.73 bits per heavy atom. The molecule has 0 fully saturated rings. The minimum Gasteiger partial charge on any atom is -0.530 e. The molecule has 0 aliphatic rings. The van der Waals surface area contributed by atoms with Crippen LogP contribution in [0.4, 0.5) is 10.5 Å². The first kappa shape index (κ1) is 12.1. The first-order valence-corrected chi connectivity index (χ1v) is 5.36. The van der Waals surface area contributed by atoms with E-state index in [9.17, 15) is 9.90 Å². The van der Waals surface area contributed by atoms with Crippen molar-refractivity contribution in [3.63, 3.8) is 0 Å².